The Kier molecular flexibility index (Phi) is 5.70. The highest BCUT2D eigenvalue weighted by atomic mass is 15.2. The summed E-state index contributed by atoms with van der Waals surface area (Å²) in [5.74, 6) is 0. The van der Waals surface area contributed by atoms with Crippen molar-refractivity contribution in [1.29, 1.82) is 0 Å². The smallest absolute Gasteiger partial charge is 0.0249 e. The van der Waals surface area contributed by atoms with Crippen molar-refractivity contribution in [2.45, 2.75) is 84.2 Å². The molecule has 1 saturated heterocycles. The number of nitrogens with one attached hydrogen (secondary N) is 1. The van der Waals surface area contributed by atoms with Crippen LogP contribution in [0.1, 0.15) is 72.1 Å². The van der Waals surface area contributed by atoms with Crippen LogP contribution in [0, 0.1) is 5.41 Å². The predicted octanol–water partition coefficient (Wildman–Crippen LogP) is 3.81. The van der Waals surface area contributed by atoms with E-state index in [9.17, 15) is 0 Å². The Morgan fingerprint density at radius 2 is 1.79 bits per heavy atom. The Morgan fingerprint density at radius 1 is 1.00 bits per heavy atom. The van der Waals surface area contributed by atoms with Gasteiger partial charge in [0.1, 0.15) is 0 Å². The summed E-state index contributed by atoms with van der Waals surface area (Å²) in [6.07, 6.45) is 11.3. The normalized spacial score (nSPS) is 33.6. The summed E-state index contributed by atoms with van der Waals surface area (Å²) in [7, 11) is 0. The lowest BCUT2D eigenvalue weighted by molar-refractivity contribution is 0.148. The molecule has 112 valence electrons. The van der Waals surface area contributed by atoms with Gasteiger partial charge in [0.25, 0.3) is 0 Å². The standard InChI is InChI=1S/C17H34N2/c1-4-18-15-9-6-5-7-10-16(15)19-13-8-11-17(2,3)12-14-19/h15-16,18H,4-14H2,1-3H3. The summed E-state index contributed by atoms with van der Waals surface area (Å²) in [6, 6.07) is 1.55. The first kappa shape index (κ1) is 15.3. The first-order valence-electron chi connectivity index (χ1n) is 8.60. The fourth-order valence-corrected chi connectivity index (χ4v) is 4.00. The second kappa shape index (κ2) is 7.08. The van der Waals surface area contributed by atoms with Crippen molar-refractivity contribution in [3.8, 4) is 0 Å². The molecule has 2 aliphatic rings. The van der Waals surface area contributed by atoms with Gasteiger partial charge in [0.2, 0.25) is 0 Å². The molecule has 0 amide bonds. The lowest BCUT2D eigenvalue weighted by Crippen LogP contribution is -2.50. The summed E-state index contributed by atoms with van der Waals surface area (Å²) in [5, 5.41) is 3.77. The van der Waals surface area contributed by atoms with E-state index in [4.69, 9.17) is 0 Å². The average Bonchev–Trinajstić information content (AvgIpc) is 2.68. The van der Waals surface area contributed by atoms with Crippen molar-refractivity contribution in [3.63, 3.8) is 0 Å². The molecule has 2 unspecified atom stereocenters. The van der Waals surface area contributed by atoms with Crippen molar-refractivity contribution in [3.05, 3.63) is 0 Å². The van der Waals surface area contributed by atoms with Crippen LogP contribution in [0.4, 0.5) is 0 Å². The molecule has 1 heterocycles. The van der Waals surface area contributed by atoms with E-state index in [1.807, 2.05) is 0 Å². The van der Waals surface area contributed by atoms with E-state index >= 15 is 0 Å². The average molecular weight is 266 g/mol. The third-order valence-corrected chi connectivity index (χ3v) is 5.29. The molecule has 2 atom stereocenters. The Balaban J connectivity index is 1.99. The fourth-order valence-electron chi connectivity index (χ4n) is 4.00. The van der Waals surface area contributed by atoms with Crippen LogP contribution in [0.15, 0.2) is 0 Å². The van der Waals surface area contributed by atoms with E-state index < -0.39 is 0 Å². The maximum Gasteiger partial charge on any atom is 0.0249 e. The van der Waals surface area contributed by atoms with Gasteiger partial charge in [0.15, 0.2) is 0 Å². The minimum absolute atomic E-state index is 0.563. The lowest BCUT2D eigenvalue weighted by atomic mass is 9.85. The van der Waals surface area contributed by atoms with Crippen LogP contribution in [0.3, 0.4) is 0 Å². The molecule has 0 aromatic heterocycles. The third-order valence-electron chi connectivity index (χ3n) is 5.29. The molecule has 1 N–H and O–H groups in total. The summed E-state index contributed by atoms with van der Waals surface area (Å²) in [5.41, 5.74) is 0.563. The highest BCUT2D eigenvalue weighted by Crippen LogP contribution is 2.32. The molecule has 1 aliphatic heterocycles. The van der Waals surface area contributed by atoms with Crippen molar-refractivity contribution in [1.82, 2.24) is 10.2 Å². The molecule has 0 bridgehead atoms. The molecule has 0 radical (unpaired) electrons. The van der Waals surface area contributed by atoms with Gasteiger partial charge in [-0.2, -0.15) is 0 Å². The molecular weight excluding hydrogens is 232 g/mol. The van der Waals surface area contributed by atoms with Crippen LogP contribution in [0.2, 0.25) is 0 Å². The molecule has 19 heavy (non-hydrogen) atoms. The number of hydrogen-bond donors (Lipinski definition) is 1. The van der Waals surface area contributed by atoms with Gasteiger partial charge in [-0.25, -0.2) is 0 Å². The molecule has 1 aliphatic carbocycles. The van der Waals surface area contributed by atoms with Crippen molar-refractivity contribution >= 4 is 0 Å². The number of rotatable bonds is 3. The minimum atomic E-state index is 0.563. The summed E-state index contributed by atoms with van der Waals surface area (Å²) < 4.78 is 0. The van der Waals surface area contributed by atoms with Gasteiger partial charge < -0.3 is 5.32 Å². The molecular formula is C17H34N2. The zero-order valence-corrected chi connectivity index (χ0v) is 13.4. The van der Waals surface area contributed by atoms with Crippen molar-refractivity contribution < 1.29 is 0 Å². The second-order valence-electron chi connectivity index (χ2n) is 7.42. The number of hydrogen-bond acceptors (Lipinski definition) is 2. The molecule has 2 heteroatoms. The van der Waals surface area contributed by atoms with E-state index in [1.165, 1.54) is 64.5 Å². The lowest BCUT2D eigenvalue weighted by Gasteiger charge is -2.36. The number of likely N-dealkylation sites (N-methyl/N-ethyl adjacent to an activating group) is 1. The Bertz CT molecular complexity index is 262. The maximum atomic E-state index is 3.77. The van der Waals surface area contributed by atoms with Crippen LogP contribution >= 0.6 is 0 Å². The molecule has 0 aromatic rings. The van der Waals surface area contributed by atoms with Crippen LogP contribution in [0.25, 0.3) is 0 Å². The first-order chi connectivity index (χ1) is 9.12. The van der Waals surface area contributed by atoms with Crippen LogP contribution in [-0.4, -0.2) is 36.6 Å². The Labute approximate surface area is 120 Å². The van der Waals surface area contributed by atoms with Gasteiger partial charge >= 0.3 is 0 Å². The number of nitrogens with zero attached hydrogens (tertiary/aromatic N) is 1. The van der Waals surface area contributed by atoms with Gasteiger partial charge in [0.05, 0.1) is 0 Å². The first-order valence-corrected chi connectivity index (χ1v) is 8.60. The molecule has 2 fully saturated rings. The monoisotopic (exact) mass is 266 g/mol. The van der Waals surface area contributed by atoms with E-state index in [2.05, 4.69) is 31.0 Å². The highest BCUT2D eigenvalue weighted by molar-refractivity contribution is 4.89. The van der Waals surface area contributed by atoms with Crippen LogP contribution in [-0.2, 0) is 0 Å². The largest absolute Gasteiger partial charge is 0.313 e. The number of likely N-dealkylation sites (tertiary alicyclic amines) is 1. The van der Waals surface area contributed by atoms with Gasteiger partial charge in [-0.3, -0.25) is 4.90 Å². The maximum absolute atomic E-state index is 3.77. The predicted molar refractivity (Wildman–Crippen MR) is 83.5 cm³/mol. The molecule has 0 aromatic carbocycles. The van der Waals surface area contributed by atoms with Gasteiger partial charge in [0, 0.05) is 12.1 Å². The summed E-state index contributed by atoms with van der Waals surface area (Å²) in [6.45, 7) is 10.9. The van der Waals surface area contributed by atoms with E-state index in [0.717, 1.165) is 18.6 Å². The third kappa shape index (κ3) is 4.46. The Hall–Kier alpha value is -0.0800. The molecule has 1 saturated carbocycles. The van der Waals surface area contributed by atoms with Crippen LogP contribution < -0.4 is 5.32 Å². The van der Waals surface area contributed by atoms with E-state index in [-0.39, 0.29) is 0 Å². The van der Waals surface area contributed by atoms with Crippen LogP contribution in [0.5, 0.6) is 0 Å². The molecule has 2 nitrogen and oxygen atoms in total. The van der Waals surface area contributed by atoms with Crippen molar-refractivity contribution in [2.75, 3.05) is 19.6 Å². The quantitative estimate of drug-likeness (QED) is 0.782. The Morgan fingerprint density at radius 3 is 2.58 bits per heavy atom. The van der Waals surface area contributed by atoms with Gasteiger partial charge in [-0.15, -0.1) is 0 Å². The summed E-state index contributed by atoms with van der Waals surface area (Å²) in [4.78, 5) is 2.83. The SMILES string of the molecule is CCNC1CCCCCC1N1CCCC(C)(C)CC1. The van der Waals surface area contributed by atoms with E-state index in [0.29, 0.717) is 5.41 Å². The van der Waals surface area contributed by atoms with Gasteiger partial charge in [-0.05, 0) is 57.2 Å². The topological polar surface area (TPSA) is 15.3 Å². The van der Waals surface area contributed by atoms with Gasteiger partial charge in [-0.1, -0.05) is 40.0 Å². The van der Waals surface area contributed by atoms with E-state index in [1.54, 1.807) is 0 Å². The molecule has 0 spiro atoms. The second-order valence-corrected chi connectivity index (χ2v) is 7.42. The zero-order valence-electron chi connectivity index (χ0n) is 13.4. The summed E-state index contributed by atoms with van der Waals surface area (Å²) >= 11 is 0. The molecule has 2 rings (SSSR count). The zero-order chi connectivity index (χ0) is 13.7. The fraction of sp³-hybridized carbons (Fsp3) is 1.00. The highest BCUT2D eigenvalue weighted by Gasteiger charge is 2.31. The van der Waals surface area contributed by atoms with Crippen molar-refractivity contribution in [2.24, 2.45) is 5.41 Å². The minimum Gasteiger partial charge on any atom is -0.313 e.